The van der Waals surface area contributed by atoms with Crippen LogP contribution in [-0.4, -0.2) is 18.0 Å². The highest BCUT2D eigenvalue weighted by molar-refractivity contribution is 5.82. The summed E-state index contributed by atoms with van der Waals surface area (Å²) in [7, 11) is 0. The molecule has 13 heavy (non-hydrogen) atoms. The maximum Gasteiger partial charge on any atom is 0.237 e. The molecule has 1 amide bonds. The molecule has 1 aliphatic rings. The molecule has 76 valence electrons. The van der Waals surface area contributed by atoms with Crippen molar-refractivity contribution in [3.63, 3.8) is 0 Å². The lowest BCUT2D eigenvalue weighted by Gasteiger charge is -2.11. The van der Waals surface area contributed by atoms with E-state index in [1.807, 2.05) is 6.92 Å². The van der Waals surface area contributed by atoms with Crippen molar-refractivity contribution >= 4 is 5.91 Å². The summed E-state index contributed by atoms with van der Waals surface area (Å²) >= 11 is 0. The molecule has 3 nitrogen and oxygen atoms in total. The molecule has 0 aromatic heterocycles. The van der Waals surface area contributed by atoms with Crippen molar-refractivity contribution in [2.45, 2.75) is 52.1 Å². The molecule has 0 bridgehead atoms. The highest BCUT2D eigenvalue weighted by atomic mass is 16.2. The van der Waals surface area contributed by atoms with Gasteiger partial charge in [-0.1, -0.05) is 27.2 Å². The average molecular weight is 184 g/mol. The highest BCUT2D eigenvalue weighted by Gasteiger charge is 2.46. The predicted octanol–water partition coefficient (Wildman–Crippen LogP) is 1.03. The molecule has 0 heterocycles. The van der Waals surface area contributed by atoms with Gasteiger partial charge >= 0.3 is 0 Å². The topological polar surface area (TPSA) is 55.1 Å². The van der Waals surface area contributed by atoms with Crippen molar-refractivity contribution in [3.8, 4) is 0 Å². The van der Waals surface area contributed by atoms with Crippen molar-refractivity contribution in [2.24, 2.45) is 11.1 Å². The van der Waals surface area contributed by atoms with E-state index in [4.69, 9.17) is 5.73 Å². The fraction of sp³-hybridized carbons (Fsp3) is 0.900. The number of hydrogen-bond donors (Lipinski definition) is 2. The first-order valence-corrected chi connectivity index (χ1v) is 5.03. The van der Waals surface area contributed by atoms with Gasteiger partial charge in [0.1, 0.15) is 0 Å². The van der Waals surface area contributed by atoms with E-state index < -0.39 is 0 Å². The lowest BCUT2D eigenvalue weighted by atomic mass is 10.1. The van der Waals surface area contributed by atoms with Crippen molar-refractivity contribution in [1.29, 1.82) is 0 Å². The first-order chi connectivity index (χ1) is 5.97. The Bertz CT molecular complexity index is 201. The lowest BCUT2D eigenvalue weighted by molar-refractivity contribution is -0.122. The normalized spacial score (nSPS) is 26.6. The number of nitrogens with one attached hydrogen (secondary N) is 1. The molecular weight excluding hydrogens is 164 g/mol. The van der Waals surface area contributed by atoms with Gasteiger partial charge < -0.3 is 11.1 Å². The SMILES string of the molecule is CCC[C@H](N)C(=O)NC1CC1(C)C. The Morgan fingerprint density at radius 3 is 2.62 bits per heavy atom. The molecule has 1 saturated carbocycles. The molecule has 1 rings (SSSR count). The fourth-order valence-electron chi connectivity index (χ4n) is 1.43. The Morgan fingerprint density at radius 2 is 2.23 bits per heavy atom. The van der Waals surface area contributed by atoms with Gasteiger partial charge in [-0.3, -0.25) is 4.79 Å². The largest absolute Gasteiger partial charge is 0.351 e. The third-order valence-corrected chi connectivity index (χ3v) is 2.77. The minimum atomic E-state index is -0.318. The molecule has 3 N–H and O–H groups in total. The molecule has 0 aliphatic heterocycles. The smallest absolute Gasteiger partial charge is 0.237 e. The van der Waals surface area contributed by atoms with Crippen LogP contribution >= 0.6 is 0 Å². The van der Waals surface area contributed by atoms with Gasteiger partial charge in [-0.25, -0.2) is 0 Å². The van der Waals surface area contributed by atoms with E-state index in [1.54, 1.807) is 0 Å². The maximum atomic E-state index is 11.4. The second kappa shape index (κ2) is 3.66. The van der Waals surface area contributed by atoms with Crippen LogP contribution in [0.1, 0.15) is 40.0 Å². The van der Waals surface area contributed by atoms with Crippen LogP contribution < -0.4 is 11.1 Å². The second-order valence-corrected chi connectivity index (χ2v) is 4.65. The molecule has 1 aliphatic carbocycles. The number of carbonyl (C=O) groups excluding carboxylic acids is 1. The summed E-state index contributed by atoms with van der Waals surface area (Å²) in [6.07, 6.45) is 2.82. The standard InChI is InChI=1S/C10H20N2O/c1-4-5-7(11)9(13)12-8-6-10(8,2)3/h7-8H,4-6,11H2,1-3H3,(H,12,13)/t7-,8?/m0/s1. The molecular formula is C10H20N2O. The number of amides is 1. The van der Waals surface area contributed by atoms with Crippen molar-refractivity contribution in [3.05, 3.63) is 0 Å². The van der Waals surface area contributed by atoms with Crippen LogP contribution in [0.2, 0.25) is 0 Å². The molecule has 0 saturated heterocycles. The van der Waals surface area contributed by atoms with Gasteiger partial charge in [-0.2, -0.15) is 0 Å². The molecule has 0 aromatic rings. The zero-order valence-electron chi connectivity index (χ0n) is 8.76. The van der Waals surface area contributed by atoms with Crippen LogP contribution in [0.5, 0.6) is 0 Å². The van der Waals surface area contributed by atoms with Crippen molar-refractivity contribution in [2.75, 3.05) is 0 Å². The molecule has 3 heteroatoms. The summed E-state index contributed by atoms with van der Waals surface area (Å²) in [6.45, 7) is 6.35. The fourth-order valence-corrected chi connectivity index (χ4v) is 1.43. The third-order valence-electron chi connectivity index (χ3n) is 2.77. The summed E-state index contributed by atoms with van der Waals surface area (Å²) in [5.41, 5.74) is 5.97. The molecule has 0 spiro atoms. The van der Waals surface area contributed by atoms with Crippen LogP contribution in [0, 0.1) is 5.41 Å². The maximum absolute atomic E-state index is 11.4. The van der Waals surface area contributed by atoms with Crippen LogP contribution in [0.4, 0.5) is 0 Å². The van der Waals surface area contributed by atoms with E-state index in [2.05, 4.69) is 19.2 Å². The van der Waals surface area contributed by atoms with E-state index >= 15 is 0 Å². The van der Waals surface area contributed by atoms with Gasteiger partial charge in [0.15, 0.2) is 0 Å². The molecule has 1 unspecified atom stereocenters. The Hall–Kier alpha value is -0.570. The van der Waals surface area contributed by atoms with Gasteiger partial charge in [-0.15, -0.1) is 0 Å². The molecule has 1 fully saturated rings. The van der Waals surface area contributed by atoms with Crippen LogP contribution in [0.3, 0.4) is 0 Å². The van der Waals surface area contributed by atoms with E-state index in [1.165, 1.54) is 0 Å². The van der Waals surface area contributed by atoms with Crippen LogP contribution in [0.25, 0.3) is 0 Å². The van der Waals surface area contributed by atoms with Crippen LogP contribution in [-0.2, 0) is 4.79 Å². The predicted molar refractivity (Wildman–Crippen MR) is 53.2 cm³/mol. The summed E-state index contributed by atoms with van der Waals surface area (Å²) in [5.74, 6) is 0.0115. The third kappa shape index (κ3) is 2.69. The summed E-state index contributed by atoms with van der Waals surface area (Å²) in [5, 5.41) is 2.96. The second-order valence-electron chi connectivity index (χ2n) is 4.65. The Morgan fingerprint density at radius 1 is 1.69 bits per heavy atom. The van der Waals surface area contributed by atoms with E-state index in [9.17, 15) is 4.79 Å². The van der Waals surface area contributed by atoms with Crippen molar-refractivity contribution in [1.82, 2.24) is 5.32 Å². The quantitative estimate of drug-likeness (QED) is 0.685. The van der Waals surface area contributed by atoms with Gasteiger partial charge in [0.05, 0.1) is 6.04 Å². The van der Waals surface area contributed by atoms with Gasteiger partial charge in [0, 0.05) is 6.04 Å². The van der Waals surface area contributed by atoms with E-state index in [-0.39, 0.29) is 11.9 Å². The number of nitrogens with two attached hydrogens (primary N) is 1. The monoisotopic (exact) mass is 184 g/mol. The first kappa shape index (κ1) is 10.5. The minimum Gasteiger partial charge on any atom is -0.351 e. The highest BCUT2D eigenvalue weighted by Crippen LogP contribution is 2.44. The lowest BCUT2D eigenvalue weighted by Crippen LogP contribution is -2.42. The number of carbonyl (C=O) groups is 1. The molecule has 0 radical (unpaired) electrons. The Labute approximate surface area is 80.1 Å². The van der Waals surface area contributed by atoms with Gasteiger partial charge in [-0.05, 0) is 18.3 Å². The van der Waals surface area contributed by atoms with E-state index in [0.717, 1.165) is 19.3 Å². The van der Waals surface area contributed by atoms with Gasteiger partial charge in [0.2, 0.25) is 5.91 Å². The van der Waals surface area contributed by atoms with E-state index in [0.29, 0.717) is 11.5 Å². The van der Waals surface area contributed by atoms with Gasteiger partial charge in [0.25, 0.3) is 0 Å². The zero-order valence-corrected chi connectivity index (χ0v) is 8.76. The Balaban J connectivity index is 2.26. The zero-order chi connectivity index (χ0) is 10.1. The number of hydrogen-bond acceptors (Lipinski definition) is 2. The average Bonchev–Trinajstić information content (AvgIpc) is 2.59. The van der Waals surface area contributed by atoms with Crippen LogP contribution in [0.15, 0.2) is 0 Å². The number of rotatable bonds is 4. The molecule has 0 aromatic carbocycles. The summed E-state index contributed by atoms with van der Waals surface area (Å²) < 4.78 is 0. The summed E-state index contributed by atoms with van der Waals surface area (Å²) in [6, 6.07) is 0.0318. The molecule has 2 atom stereocenters. The summed E-state index contributed by atoms with van der Waals surface area (Å²) in [4.78, 5) is 11.4. The Kier molecular flexibility index (Phi) is 2.96. The first-order valence-electron chi connectivity index (χ1n) is 5.03. The van der Waals surface area contributed by atoms with Crippen molar-refractivity contribution < 1.29 is 4.79 Å². The minimum absolute atomic E-state index is 0.0115.